The zero-order chi connectivity index (χ0) is 11.3. The van der Waals surface area contributed by atoms with Crippen LogP contribution in [0.15, 0.2) is 30.3 Å². The van der Waals surface area contributed by atoms with E-state index >= 15 is 0 Å². The predicted molar refractivity (Wildman–Crippen MR) is 58.3 cm³/mol. The molecule has 1 rings (SSSR count). The summed E-state index contributed by atoms with van der Waals surface area (Å²) in [5.74, 6) is 0. The van der Waals surface area contributed by atoms with Gasteiger partial charge in [-0.2, -0.15) is 0 Å². The topological polar surface area (TPSA) is 60.7 Å². The van der Waals surface area contributed by atoms with Crippen molar-refractivity contribution in [3.8, 4) is 0 Å². The molecule has 15 heavy (non-hydrogen) atoms. The maximum absolute atomic E-state index is 9.76. The van der Waals surface area contributed by atoms with Crippen molar-refractivity contribution in [2.24, 2.45) is 0 Å². The van der Waals surface area contributed by atoms with Crippen molar-refractivity contribution >= 4 is 0 Å². The fourth-order valence-corrected chi connectivity index (χ4v) is 1.56. The molecule has 84 valence electrons. The lowest BCUT2D eigenvalue weighted by atomic mass is 10.0. The van der Waals surface area contributed by atoms with Crippen LogP contribution in [0.5, 0.6) is 0 Å². The first kappa shape index (κ1) is 12.2. The second-order valence-electron chi connectivity index (χ2n) is 3.90. The third-order valence-electron chi connectivity index (χ3n) is 2.29. The smallest absolute Gasteiger partial charge is 0.0814 e. The van der Waals surface area contributed by atoms with Crippen LogP contribution < -0.4 is 0 Å². The molecule has 0 fully saturated rings. The number of hydrogen-bond acceptors (Lipinski definition) is 3. The molecule has 0 bridgehead atoms. The molecule has 3 atom stereocenters. The monoisotopic (exact) mass is 210 g/mol. The first-order valence-electron chi connectivity index (χ1n) is 5.18. The molecule has 0 aliphatic heterocycles. The van der Waals surface area contributed by atoms with Crippen LogP contribution in [0.1, 0.15) is 31.4 Å². The maximum Gasteiger partial charge on any atom is 0.0814 e. The van der Waals surface area contributed by atoms with Crippen molar-refractivity contribution in [3.63, 3.8) is 0 Å². The van der Waals surface area contributed by atoms with E-state index in [4.69, 9.17) is 5.11 Å². The summed E-state index contributed by atoms with van der Waals surface area (Å²) in [6.45, 7) is 1.62. The molecule has 0 aromatic heterocycles. The molecule has 0 amide bonds. The zero-order valence-corrected chi connectivity index (χ0v) is 8.87. The van der Waals surface area contributed by atoms with E-state index in [0.29, 0.717) is 6.42 Å². The number of hydrogen-bond donors (Lipinski definition) is 3. The first-order valence-corrected chi connectivity index (χ1v) is 5.18. The second kappa shape index (κ2) is 5.85. The van der Waals surface area contributed by atoms with Crippen molar-refractivity contribution in [2.45, 2.75) is 38.1 Å². The van der Waals surface area contributed by atoms with Gasteiger partial charge in [-0.15, -0.1) is 0 Å². The Morgan fingerprint density at radius 2 is 1.60 bits per heavy atom. The van der Waals surface area contributed by atoms with Gasteiger partial charge in [-0.05, 0) is 18.9 Å². The number of aliphatic hydroxyl groups excluding tert-OH is 3. The molecule has 3 nitrogen and oxygen atoms in total. The molecule has 0 radical (unpaired) electrons. The summed E-state index contributed by atoms with van der Waals surface area (Å²) in [5, 5.41) is 28.4. The van der Waals surface area contributed by atoms with E-state index in [0.717, 1.165) is 5.56 Å². The molecule has 3 N–H and O–H groups in total. The van der Waals surface area contributed by atoms with Gasteiger partial charge in [0.1, 0.15) is 0 Å². The third kappa shape index (κ3) is 4.42. The summed E-state index contributed by atoms with van der Waals surface area (Å²) in [4.78, 5) is 0. The Balaban J connectivity index is 2.45. The SMILES string of the molecule is CC(O)CC(O)CC(O)c1ccccc1. The highest BCUT2D eigenvalue weighted by atomic mass is 16.3. The van der Waals surface area contributed by atoms with Gasteiger partial charge in [0.25, 0.3) is 0 Å². The molecule has 0 aliphatic rings. The van der Waals surface area contributed by atoms with E-state index in [2.05, 4.69) is 0 Å². The summed E-state index contributed by atoms with van der Waals surface area (Å²) >= 11 is 0. The minimum atomic E-state index is -0.667. The van der Waals surface area contributed by atoms with E-state index in [1.165, 1.54) is 0 Å². The van der Waals surface area contributed by atoms with Crippen molar-refractivity contribution < 1.29 is 15.3 Å². The molecular formula is C12H18O3. The van der Waals surface area contributed by atoms with Crippen LogP contribution in [0, 0.1) is 0 Å². The molecule has 0 spiro atoms. The van der Waals surface area contributed by atoms with Crippen LogP contribution in [0.25, 0.3) is 0 Å². The Hall–Kier alpha value is -0.900. The van der Waals surface area contributed by atoms with Crippen molar-refractivity contribution in [1.82, 2.24) is 0 Å². The molecule has 0 aliphatic carbocycles. The number of aliphatic hydroxyl groups is 3. The molecule has 1 aromatic carbocycles. The zero-order valence-electron chi connectivity index (χ0n) is 8.87. The van der Waals surface area contributed by atoms with Gasteiger partial charge in [0.15, 0.2) is 0 Å². The number of benzene rings is 1. The average Bonchev–Trinajstić information content (AvgIpc) is 2.17. The van der Waals surface area contributed by atoms with Gasteiger partial charge in [-0.1, -0.05) is 30.3 Å². The van der Waals surface area contributed by atoms with E-state index in [1.54, 1.807) is 6.92 Å². The predicted octanol–water partition coefficient (Wildman–Crippen LogP) is 1.24. The molecule has 0 saturated heterocycles. The standard InChI is InChI=1S/C12H18O3/c1-9(13)7-11(14)8-12(15)10-5-3-2-4-6-10/h2-6,9,11-15H,7-8H2,1H3. The Bertz CT molecular complexity index is 271. The second-order valence-corrected chi connectivity index (χ2v) is 3.90. The van der Waals surface area contributed by atoms with Crippen LogP contribution in [0.3, 0.4) is 0 Å². The van der Waals surface area contributed by atoms with Gasteiger partial charge in [0.05, 0.1) is 18.3 Å². The molecule has 0 saturated carbocycles. The van der Waals surface area contributed by atoms with Crippen molar-refractivity contribution in [3.05, 3.63) is 35.9 Å². The Morgan fingerprint density at radius 1 is 1.00 bits per heavy atom. The van der Waals surface area contributed by atoms with Gasteiger partial charge >= 0.3 is 0 Å². The van der Waals surface area contributed by atoms with Crippen molar-refractivity contribution in [1.29, 1.82) is 0 Å². The highest BCUT2D eigenvalue weighted by molar-refractivity contribution is 5.17. The molecule has 3 unspecified atom stereocenters. The molecule has 0 heterocycles. The largest absolute Gasteiger partial charge is 0.393 e. The summed E-state index contributed by atoms with van der Waals surface area (Å²) in [7, 11) is 0. The van der Waals surface area contributed by atoms with Crippen LogP contribution in [-0.2, 0) is 0 Å². The normalized spacial score (nSPS) is 17.1. The molecular weight excluding hydrogens is 192 g/mol. The van der Waals surface area contributed by atoms with Crippen LogP contribution in [0.2, 0.25) is 0 Å². The van der Waals surface area contributed by atoms with E-state index < -0.39 is 18.3 Å². The summed E-state index contributed by atoms with van der Waals surface area (Å²) in [6.07, 6.45) is -1.32. The van der Waals surface area contributed by atoms with Crippen LogP contribution >= 0.6 is 0 Å². The fraction of sp³-hybridized carbons (Fsp3) is 0.500. The quantitative estimate of drug-likeness (QED) is 0.685. The Labute approximate surface area is 90.0 Å². The first-order chi connectivity index (χ1) is 7.09. The summed E-state index contributed by atoms with van der Waals surface area (Å²) in [5.41, 5.74) is 0.794. The molecule has 1 aromatic rings. The average molecular weight is 210 g/mol. The number of rotatable bonds is 5. The summed E-state index contributed by atoms with van der Waals surface area (Å²) in [6, 6.07) is 9.21. The maximum atomic E-state index is 9.76. The Kier molecular flexibility index (Phi) is 4.75. The Morgan fingerprint density at radius 3 is 2.13 bits per heavy atom. The van der Waals surface area contributed by atoms with Gasteiger partial charge in [-0.3, -0.25) is 0 Å². The minimum absolute atomic E-state index is 0.259. The van der Waals surface area contributed by atoms with Gasteiger partial charge in [0, 0.05) is 6.42 Å². The van der Waals surface area contributed by atoms with E-state index in [9.17, 15) is 10.2 Å². The van der Waals surface area contributed by atoms with Gasteiger partial charge < -0.3 is 15.3 Å². The van der Waals surface area contributed by atoms with Gasteiger partial charge in [0.2, 0.25) is 0 Å². The lowest BCUT2D eigenvalue weighted by molar-refractivity contribution is 0.0446. The highest BCUT2D eigenvalue weighted by Gasteiger charge is 2.14. The fourth-order valence-electron chi connectivity index (χ4n) is 1.56. The van der Waals surface area contributed by atoms with Crippen LogP contribution in [0.4, 0.5) is 0 Å². The van der Waals surface area contributed by atoms with E-state index in [1.807, 2.05) is 30.3 Å². The van der Waals surface area contributed by atoms with Crippen LogP contribution in [-0.4, -0.2) is 27.5 Å². The minimum Gasteiger partial charge on any atom is -0.393 e. The highest BCUT2D eigenvalue weighted by Crippen LogP contribution is 2.19. The molecule has 3 heteroatoms. The van der Waals surface area contributed by atoms with E-state index in [-0.39, 0.29) is 6.42 Å². The lowest BCUT2D eigenvalue weighted by Gasteiger charge is -2.16. The lowest BCUT2D eigenvalue weighted by Crippen LogP contribution is -2.17. The summed E-state index contributed by atoms with van der Waals surface area (Å²) < 4.78 is 0. The third-order valence-corrected chi connectivity index (χ3v) is 2.29. The van der Waals surface area contributed by atoms with Gasteiger partial charge in [-0.25, -0.2) is 0 Å². The van der Waals surface area contributed by atoms with Crippen molar-refractivity contribution in [2.75, 3.05) is 0 Å².